The van der Waals surface area contributed by atoms with Crippen molar-refractivity contribution in [3.05, 3.63) is 5.25 Å². The van der Waals surface area contributed by atoms with Crippen LogP contribution >= 0.6 is 11.8 Å². The predicted octanol–water partition coefficient (Wildman–Crippen LogP) is 3.24. The largest absolute Gasteiger partial charge is 0.154 e. The first-order chi connectivity index (χ1) is 4.43. The number of rotatable bonds is 5. The van der Waals surface area contributed by atoms with E-state index in [1.165, 1.54) is 37.9 Å². The van der Waals surface area contributed by atoms with E-state index in [0.29, 0.717) is 0 Å². The summed E-state index contributed by atoms with van der Waals surface area (Å²) in [5, 5.41) is 1.74. The maximum absolute atomic E-state index is 2.26. The fourth-order valence-corrected chi connectivity index (χ4v) is 1.79. The van der Waals surface area contributed by atoms with Crippen molar-refractivity contribution in [3.8, 4) is 0 Å². The maximum atomic E-state index is 2.26. The molecule has 0 aromatic carbocycles. The van der Waals surface area contributed by atoms with Gasteiger partial charge in [-0.05, 0) is 25.0 Å². The summed E-state index contributed by atoms with van der Waals surface area (Å²) in [4.78, 5) is 0. The first-order valence-electron chi connectivity index (χ1n) is 3.91. The van der Waals surface area contributed by atoms with Gasteiger partial charge in [0, 0.05) is 5.25 Å². The predicted molar refractivity (Wildman–Crippen MR) is 44.5 cm³/mol. The summed E-state index contributed by atoms with van der Waals surface area (Å²) in [5.41, 5.74) is 0. The molecule has 1 aliphatic rings. The number of unbranched alkanes of at least 4 members (excludes halogenated alkanes) is 2. The Morgan fingerprint density at radius 1 is 1.33 bits per heavy atom. The normalized spacial score (nSPS) is 18.3. The average molecular weight is 143 g/mol. The van der Waals surface area contributed by atoms with Gasteiger partial charge in [0.15, 0.2) is 0 Å². The van der Waals surface area contributed by atoms with Crippen LogP contribution in [0.3, 0.4) is 0 Å². The molecule has 1 radical (unpaired) electrons. The number of hydrogen-bond donors (Lipinski definition) is 0. The summed E-state index contributed by atoms with van der Waals surface area (Å²) in [6, 6.07) is 0. The first-order valence-corrected chi connectivity index (χ1v) is 4.89. The van der Waals surface area contributed by atoms with Crippen molar-refractivity contribution in [1.82, 2.24) is 0 Å². The molecule has 1 rings (SSSR count). The second-order valence-electron chi connectivity index (χ2n) is 2.59. The monoisotopic (exact) mass is 143 g/mol. The van der Waals surface area contributed by atoms with E-state index in [1.54, 1.807) is 5.25 Å². The minimum absolute atomic E-state index is 1.36. The molecule has 0 heterocycles. The van der Waals surface area contributed by atoms with Gasteiger partial charge in [-0.1, -0.05) is 19.8 Å². The fourth-order valence-electron chi connectivity index (χ4n) is 0.764. The zero-order valence-electron chi connectivity index (χ0n) is 6.15. The lowest BCUT2D eigenvalue weighted by Crippen LogP contribution is -1.77. The van der Waals surface area contributed by atoms with E-state index < -0.39 is 0 Å². The molecule has 0 aromatic heterocycles. The Labute approximate surface area is 62.4 Å². The standard InChI is InChI=1S/C8H15S/c1-2-3-4-7-9-8-5-6-8/h2-7H2,1H3. The molecule has 0 spiro atoms. The van der Waals surface area contributed by atoms with Crippen molar-refractivity contribution in [3.63, 3.8) is 0 Å². The van der Waals surface area contributed by atoms with E-state index in [9.17, 15) is 0 Å². The van der Waals surface area contributed by atoms with E-state index in [0.717, 1.165) is 0 Å². The molecule has 1 saturated carbocycles. The minimum atomic E-state index is 1.36. The van der Waals surface area contributed by atoms with Crippen LogP contribution in [-0.4, -0.2) is 5.75 Å². The molecule has 1 aliphatic carbocycles. The molecule has 9 heavy (non-hydrogen) atoms. The molecule has 53 valence electrons. The molecule has 0 aliphatic heterocycles. The molecule has 0 N–H and O–H groups in total. The van der Waals surface area contributed by atoms with E-state index in [-0.39, 0.29) is 0 Å². The molecule has 0 nitrogen and oxygen atoms in total. The Hall–Kier alpha value is 0.350. The van der Waals surface area contributed by atoms with Crippen LogP contribution in [0.5, 0.6) is 0 Å². The van der Waals surface area contributed by atoms with Crippen molar-refractivity contribution in [2.45, 2.75) is 39.0 Å². The lowest BCUT2D eigenvalue weighted by Gasteiger charge is -1.95. The Kier molecular flexibility index (Phi) is 3.49. The molecule has 1 heteroatoms. The van der Waals surface area contributed by atoms with Gasteiger partial charge in [0.1, 0.15) is 0 Å². The third kappa shape index (κ3) is 3.85. The molecular weight excluding hydrogens is 128 g/mol. The van der Waals surface area contributed by atoms with Crippen molar-refractivity contribution < 1.29 is 0 Å². The van der Waals surface area contributed by atoms with E-state index in [1.807, 2.05) is 0 Å². The molecule has 1 fully saturated rings. The van der Waals surface area contributed by atoms with Gasteiger partial charge in [-0.25, -0.2) is 0 Å². The smallest absolute Gasteiger partial charge is 0.0307 e. The van der Waals surface area contributed by atoms with Gasteiger partial charge in [0.25, 0.3) is 0 Å². The zero-order chi connectivity index (χ0) is 6.53. The van der Waals surface area contributed by atoms with Crippen molar-refractivity contribution in [2.24, 2.45) is 0 Å². The Morgan fingerprint density at radius 2 is 2.11 bits per heavy atom. The highest BCUT2D eigenvalue weighted by Crippen LogP contribution is 2.43. The van der Waals surface area contributed by atoms with Gasteiger partial charge in [-0.3, -0.25) is 0 Å². The van der Waals surface area contributed by atoms with Gasteiger partial charge >= 0.3 is 0 Å². The molecule has 0 unspecified atom stereocenters. The van der Waals surface area contributed by atoms with Crippen molar-refractivity contribution in [1.29, 1.82) is 0 Å². The van der Waals surface area contributed by atoms with Crippen LogP contribution < -0.4 is 0 Å². The van der Waals surface area contributed by atoms with E-state index in [2.05, 4.69) is 18.7 Å². The Balaban J connectivity index is 1.71. The summed E-state index contributed by atoms with van der Waals surface area (Å²) < 4.78 is 0. The van der Waals surface area contributed by atoms with Crippen molar-refractivity contribution >= 4 is 11.8 Å². The lowest BCUT2D eigenvalue weighted by atomic mass is 10.3. The lowest BCUT2D eigenvalue weighted by molar-refractivity contribution is 0.779. The van der Waals surface area contributed by atoms with Crippen LogP contribution in [0, 0.1) is 5.25 Å². The van der Waals surface area contributed by atoms with Crippen LogP contribution in [0.15, 0.2) is 0 Å². The molecule has 0 amide bonds. The fraction of sp³-hybridized carbons (Fsp3) is 0.875. The summed E-state index contributed by atoms with van der Waals surface area (Å²) >= 11 is 2.10. The Bertz CT molecular complexity index is 67.0. The van der Waals surface area contributed by atoms with Gasteiger partial charge in [0.05, 0.1) is 0 Å². The van der Waals surface area contributed by atoms with E-state index >= 15 is 0 Å². The molecule has 0 atom stereocenters. The zero-order valence-corrected chi connectivity index (χ0v) is 6.97. The minimum Gasteiger partial charge on any atom is -0.154 e. The highest BCUT2D eigenvalue weighted by Gasteiger charge is 2.21. The van der Waals surface area contributed by atoms with Crippen LogP contribution in [-0.2, 0) is 0 Å². The summed E-state index contributed by atoms with van der Waals surface area (Å²) in [7, 11) is 0. The van der Waals surface area contributed by atoms with Crippen LogP contribution in [0.2, 0.25) is 0 Å². The topological polar surface area (TPSA) is 0 Å². The first kappa shape index (κ1) is 7.46. The van der Waals surface area contributed by atoms with Gasteiger partial charge in [-0.2, -0.15) is 11.8 Å². The van der Waals surface area contributed by atoms with Gasteiger partial charge in [0.2, 0.25) is 0 Å². The molecule has 0 aromatic rings. The average Bonchev–Trinajstić information content (AvgIpc) is 2.63. The maximum Gasteiger partial charge on any atom is 0.0307 e. The summed E-state index contributed by atoms with van der Waals surface area (Å²) in [6.07, 6.45) is 7.02. The van der Waals surface area contributed by atoms with Crippen LogP contribution in [0.25, 0.3) is 0 Å². The third-order valence-corrected chi connectivity index (χ3v) is 2.82. The summed E-state index contributed by atoms with van der Waals surface area (Å²) in [5.74, 6) is 1.38. The van der Waals surface area contributed by atoms with Crippen LogP contribution in [0.4, 0.5) is 0 Å². The van der Waals surface area contributed by atoms with Crippen molar-refractivity contribution in [2.75, 3.05) is 5.75 Å². The highest BCUT2D eigenvalue weighted by atomic mass is 32.2. The van der Waals surface area contributed by atoms with E-state index in [4.69, 9.17) is 0 Å². The van der Waals surface area contributed by atoms with Gasteiger partial charge < -0.3 is 0 Å². The summed E-state index contributed by atoms with van der Waals surface area (Å²) in [6.45, 7) is 2.26. The van der Waals surface area contributed by atoms with Gasteiger partial charge in [-0.15, -0.1) is 0 Å². The second kappa shape index (κ2) is 4.21. The number of hydrogen-bond acceptors (Lipinski definition) is 1. The molecule has 0 bridgehead atoms. The third-order valence-electron chi connectivity index (χ3n) is 1.51. The Morgan fingerprint density at radius 3 is 2.67 bits per heavy atom. The number of thioether (sulfide) groups is 1. The molecular formula is C8H15S. The molecule has 0 saturated heterocycles. The second-order valence-corrected chi connectivity index (χ2v) is 3.87. The van der Waals surface area contributed by atoms with Crippen LogP contribution in [0.1, 0.15) is 39.0 Å². The highest BCUT2D eigenvalue weighted by molar-refractivity contribution is 8.02. The quantitative estimate of drug-likeness (QED) is 0.532. The SMILES string of the molecule is CCCCCS[C]1CC1.